The molecule has 0 atom stereocenters. The fourth-order valence-electron chi connectivity index (χ4n) is 1.78. The Bertz CT molecular complexity index is 692. The second-order valence-electron chi connectivity index (χ2n) is 4.31. The molecule has 2 rings (SSSR count). The van der Waals surface area contributed by atoms with Gasteiger partial charge in [-0.25, -0.2) is 17.5 Å². The first-order valence-electron chi connectivity index (χ1n) is 5.91. The molecule has 8 heteroatoms. The molecule has 0 aliphatic carbocycles. The molecule has 0 radical (unpaired) electrons. The molecule has 3 N–H and O–H groups in total. The van der Waals surface area contributed by atoms with Crippen LogP contribution in [0, 0.1) is 5.82 Å². The van der Waals surface area contributed by atoms with E-state index in [1.165, 1.54) is 6.07 Å². The van der Waals surface area contributed by atoms with E-state index < -0.39 is 15.8 Å². The van der Waals surface area contributed by atoms with Gasteiger partial charge in [-0.05, 0) is 24.3 Å². The minimum Gasteiger partial charge on any atom is -0.399 e. The first-order chi connectivity index (χ1) is 9.38. The number of sulfonamides is 1. The Hall–Kier alpha value is -1.93. The second-order valence-corrected chi connectivity index (χ2v) is 6.08. The van der Waals surface area contributed by atoms with E-state index in [0.717, 1.165) is 17.8 Å². The number of aromatic nitrogens is 2. The highest BCUT2D eigenvalue weighted by Gasteiger charge is 2.15. The second kappa shape index (κ2) is 5.59. The standard InChI is InChI=1S/C12H15FN4O2S/c1-17-11(2-4-15-17)3-5-16-20(18,19)12-7-9(13)6-10(14)8-12/h2,4,6-8,16H,3,5,14H2,1H3. The topological polar surface area (TPSA) is 90.0 Å². The van der Waals surface area contributed by atoms with Gasteiger partial charge in [-0.2, -0.15) is 5.10 Å². The van der Waals surface area contributed by atoms with Gasteiger partial charge < -0.3 is 5.73 Å². The van der Waals surface area contributed by atoms with Gasteiger partial charge in [-0.15, -0.1) is 0 Å². The number of nitrogen functional groups attached to an aromatic ring is 1. The molecule has 1 aromatic carbocycles. The Morgan fingerprint density at radius 2 is 2.15 bits per heavy atom. The summed E-state index contributed by atoms with van der Waals surface area (Å²) in [6.07, 6.45) is 2.12. The molecule has 20 heavy (non-hydrogen) atoms. The van der Waals surface area contributed by atoms with Crippen LogP contribution in [0.4, 0.5) is 10.1 Å². The Kier molecular flexibility index (Phi) is 4.05. The maximum absolute atomic E-state index is 13.2. The molecule has 0 fully saturated rings. The molecule has 0 spiro atoms. The molecule has 0 saturated carbocycles. The van der Waals surface area contributed by atoms with Crippen LogP contribution in [-0.4, -0.2) is 24.7 Å². The van der Waals surface area contributed by atoms with Gasteiger partial charge in [0.15, 0.2) is 0 Å². The van der Waals surface area contributed by atoms with Crippen molar-refractivity contribution in [3.63, 3.8) is 0 Å². The molecule has 108 valence electrons. The average Bonchev–Trinajstić information content (AvgIpc) is 2.74. The summed E-state index contributed by atoms with van der Waals surface area (Å²) in [5, 5.41) is 3.99. The van der Waals surface area contributed by atoms with Gasteiger partial charge in [-0.1, -0.05) is 0 Å². The third kappa shape index (κ3) is 3.34. The molecule has 0 aliphatic rings. The van der Waals surface area contributed by atoms with Gasteiger partial charge in [0.25, 0.3) is 0 Å². The third-order valence-electron chi connectivity index (χ3n) is 2.80. The van der Waals surface area contributed by atoms with Crippen molar-refractivity contribution in [1.82, 2.24) is 14.5 Å². The van der Waals surface area contributed by atoms with Crippen molar-refractivity contribution in [2.24, 2.45) is 7.05 Å². The van der Waals surface area contributed by atoms with Gasteiger partial charge in [0, 0.05) is 37.6 Å². The molecule has 1 heterocycles. The van der Waals surface area contributed by atoms with Crippen LogP contribution in [0.25, 0.3) is 0 Å². The number of hydrogen-bond donors (Lipinski definition) is 2. The van der Waals surface area contributed by atoms with Crippen molar-refractivity contribution in [3.8, 4) is 0 Å². The Balaban J connectivity index is 2.06. The lowest BCUT2D eigenvalue weighted by molar-refractivity contribution is 0.576. The van der Waals surface area contributed by atoms with E-state index in [1.54, 1.807) is 24.0 Å². The van der Waals surface area contributed by atoms with E-state index in [-0.39, 0.29) is 17.1 Å². The zero-order chi connectivity index (χ0) is 14.8. The molecule has 0 aliphatic heterocycles. The van der Waals surface area contributed by atoms with Crippen LogP contribution in [0.15, 0.2) is 35.4 Å². The van der Waals surface area contributed by atoms with Gasteiger partial charge in [0.2, 0.25) is 10.0 Å². The van der Waals surface area contributed by atoms with Crippen LogP contribution in [0.5, 0.6) is 0 Å². The number of benzene rings is 1. The fourth-order valence-corrected chi connectivity index (χ4v) is 2.88. The summed E-state index contributed by atoms with van der Waals surface area (Å²) >= 11 is 0. The lowest BCUT2D eigenvalue weighted by Gasteiger charge is -2.08. The van der Waals surface area contributed by atoms with Gasteiger partial charge in [0.1, 0.15) is 5.82 Å². The normalized spacial score (nSPS) is 11.7. The highest BCUT2D eigenvalue weighted by molar-refractivity contribution is 7.89. The van der Waals surface area contributed by atoms with E-state index >= 15 is 0 Å². The van der Waals surface area contributed by atoms with E-state index in [2.05, 4.69) is 9.82 Å². The van der Waals surface area contributed by atoms with Crippen molar-refractivity contribution < 1.29 is 12.8 Å². The fraction of sp³-hybridized carbons (Fsp3) is 0.250. The zero-order valence-corrected chi connectivity index (χ0v) is 11.7. The van der Waals surface area contributed by atoms with Crippen LogP contribution in [-0.2, 0) is 23.5 Å². The van der Waals surface area contributed by atoms with E-state index in [9.17, 15) is 12.8 Å². The quantitative estimate of drug-likeness (QED) is 0.794. The summed E-state index contributed by atoms with van der Waals surface area (Å²) in [5.41, 5.74) is 6.40. The molecular weight excluding hydrogens is 283 g/mol. The van der Waals surface area contributed by atoms with Gasteiger partial charge >= 0.3 is 0 Å². The molecule has 0 unspecified atom stereocenters. The minimum atomic E-state index is -3.77. The summed E-state index contributed by atoms with van der Waals surface area (Å²) in [7, 11) is -2.00. The summed E-state index contributed by atoms with van der Waals surface area (Å²) in [4.78, 5) is -0.181. The number of anilines is 1. The Morgan fingerprint density at radius 1 is 1.40 bits per heavy atom. The minimum absolute atomic E-state index is 0.0667. The molecular formula is C12H15FN4O2S. The average molecular weight is 298 g/mol. The third-order valence-corrected chi connectivity index (χ3v) is 4.24. The first-order valence-corrected chi connectivity index (χ1v) is 7.39. The SMILES string of the molecule is Cn1nccc1CCNS(=O)(=O)c1cc(N)cc(F)c1. The van der Waals surface area contributed by atoms with E-state index in [4.69, 9.17) is 5.73 Å². The number of nitrogens with two attached hydrogens (primary N) is 1. The molecule has 0 bridgehead atoms. The predicted octanol–water partition coefficient (Wildman–Crippen LogP) is 0.662. The van der Waals surface area contributed by atoms with Crippen LogP contribution < -0.4 is 10.5 Å². The smallest absolute Gasteiger partial charge is 0.240 e. The van der Waals surface area contributed by atoms with Crippen molar-refractivity contribution in [1.29, 1.82) is 0 Å². The predicted molar refractivity (Wildman–Crippen MR) is 72.9 cm³/mol. The summed E-state index contributed by atoms with van der Waals surface area (Å²) in [5.74, 6) is -0.683. The molecule has 0 saturated heterocycles. The Morgan fingerprint density at radius 3 is 2.75 bits per heavy atom. The zero-order valence-electron chi connectivity index (χ0n) is 10.9. The number of halogens is 1. The summed E-state index contributed by atoms with van der Waals surface area (Å²) < 4.78 is 41.2. The maximum Gasteiger partial charge on any atom is 0.240 e. The van der Waals surface area contributed by atoms with Gasteiger partial charge in [-0.3, -0.25) is 4.68 Å². The Labute approximate surface area is 116 Å². The lowest BCUT2D eigenvalue weighted by atomic mass is 10.3. The van der Waals surface area contributed by atoms with Gasteiger partial charge in [0.05, 0.1) is 4.90 Å². The number of nitrogens with zero attached hydrogens (tertiary/aromatic N) is 2. The highest BCUT2D eigenvalue weighted by Crippen LogP contribution is 2.15. The number of aryl methyl sites for hydroxylation is 1. The number of rotatable bonds is 5. The van der Waals surface area contributed by atoms with Crippen molar-refractivity contribution in [3.05, 3.63) is 42.0 Å². The van der Waals surface area contributed by atoms with Crippen molar-refractivity contribution in [2.45, 2.75) is 11.3 Å². The van der Waals surface area contributed by atoms with Crippen LogP contribution >= 0.6 is 0 Å². The molecule has 6 nitrogen and oxygen atoms in total. The molecule has 1 aromatic heterocycles. The highest BCUT2D eigenvalue weighted by atomic mass is 32.2. The lowest BCUT2D eigenvalue weighted by Crippen LogP contribution is -2.26. The summed E-state index contributed by atoms with van der Waals surface area (Å²) in [6, 6.07) is 5.02. The van der Waals surface area contributed by atoms with Crippen molar-refractivity contribution >= 4 is 15.7 Å². The number of hydrogen-bond acceptors (Lipinski definition) is 4. The summed E-state index contributed by atoms with van der Waals surface area (Å²) in [6.45, 7) is 0.193. The monoisotopic (exact) mass is 298 g/mol. The van der Waals surface area contributed by atoms with Crippen LogP contribution in [0.3, 0.4) is 0 Å². The van der Waals surface area contributed by atoms with E-state index in [0.29, 0.717) is 6.42 Å². The number of nitrogens with one attached hydrogen (secondary N) is 1. The maximum atomic E-state index is 13.2. The van der Waals surface area contributed by atoms with E-state index in [1.807, 2.05) is 0 Å². The largest absolute Gasteiger partial charge is 0.399 e. The van der Waals surface area contributed by atoms with Crippen LogP contribution in [0.1, 0.15) is 5.69 Å². The molecule has 0 amide bonds. The van der Waals surface area contributed by atoms with Crippen LogP contribution in [0.2, 0.25) is 0 Å². The van der Waals surface area contributed by atoms with Crippen molar-refractivity contribution in [2.75, 3.05) is 12.3 Å². The first kappa shape index (κ1) is 14.5. The molecule has 2 aromatic rings.